The van der Waals surface area contributed by atoms with E-state index in [1.807, 2.05) is 25.1 Å². The molecule has 1 amide bonds. The molecule has 2 saturated heterocycles. The molecule has 0 aromatic heterocycles. The van der Waals surface area contributed by atoms with Gasteiger partial charge in [0.25, 0.3) is 5.91 Å². The fraction of sp³-hybridized carbons (Fsp3) is 0.667. The number of benzene rings is 2. The Morgan fingerprint density at radius 3 is 2.44 bits per heavy atom. The van der Waals surface area contributed by atoms with Crippen molar-refractivity contribution in [3.63, 3.8) is 0 Å². The van der Waals surface area contributed by atoms with Gasteiger partial charge in [0.15, 0.2) is 6.29 Å². The second kappa shape index (κ2) is 19.3. The van der Waals surface area contributed by atoms with Crippen molar-refractivity contribution in [3.8, 4) is 5.75 Å². The number of carbonyl (C=O) groups is 1. The highest BCUT2D eigenvalue weighted by Gasteiger charge is 2.37. The first-order valence-corrected chi connectivity index (χ1v) is 20.8. The highest BCUT2D eigenvalue weighted by molar-refractivity contribution is 7.84. The minimum atomic E-state index is -1.47. The predicted octanol–water partition coefficient (Wildman–Crippen LogP) is 7.87. The van der Waals surface area contributed by atoms with Crippen molar-refractivity contribution in [1.82, 2.24) is 10.0 Å². The summed E-state index contributed by atoms with van der Waals surface area (Å²) in [6.45, 7) is 14.1. The molecular weight excluding hydrogens is 693 g/mol. The van der Waals surface area contributed by atoms with Gasteiger partial charge in [0.2, 0.25) is 0 Å². The molecule has 3 heterocycles. The Morgan fingerprint density at radius 1 is 1.06 bits per heavy atom. The molecule has 6 unspecified atom stereocenters. The van der Waals surface area contributed by atoms with Gasteiger partial charge in [-0.25, -0.2) is 4.21 Å². The van der Waals surface area contributed by atoms with Crippen molar-refractivity contribution in [3.05, 3.63) is 58.1 Å². The third-order valence-corrected chi connectivity index (χ3v) is 12.8. The van der Waals surface area contributed by atoms with E-state index in [0.717, 1.165) is 101 Å². The van der Waals surface area contributed by atoms with E-state index in [-0.39, 0.29) is 29.3 Å². The number of ether oxygens (including phenoxy) is 3. The maximum absolute atomic E-state index is 13.4. The van der Waals surface area contributed by atoms with E-state index in [4.69, 9.17) is 37.4 Å². The molecule has 0 bridgehead atoms. The van der Waals surface area contributed by atoms with E-state index < -0.39 is 11.0 Å². The van der Waals surface area contributed by atoms with Gasteiger partial charge in [-0.1, -0.05) is 51.3 Å². The molecule has 2 aromatic rings. The van der Waals surface area contributed by atoms with Crippen molar-refractivity contribution in [2.75, 3.05) is 50.9 Å². The molecule has 0 radical (unpaired) electrons. The lowest BCUT2D eigenvalue weighted by atomic mass is 9.71. The second-order valence-electron chi connectivity index (χ2n) is 14.5. The Morgan fingerprint density at radius 2 is 1.80 bits per heavy atom. The number of fused-ring (bicyclic) bond motifs is 1. The third-order valence-electron chi connectivity index (χ3n) is 10.7. The predicted molar refractivity (Wildman–Crippen MR) is 205 cm³/mol. The zero-order valence-electron chi connectivity index (χ0n) is 30.3. The third kappa shape index (κ3) is 10.6. The molecule has 8 nitrogen and oxygen atoms in total. The molecule has 1 aliphatic carbocycles. The molecule has 6 atom stereocenters. The summed E-state index contributed by atoms with van der Waals surface area (Å²) in [6, 6.07) is 11.9. The fourth-order valence-corrected chi connectivity index (χ4v) is 8.70. The van der Waals surface area contributed by atoms with Gasteiger partial charge >= 0.3 is 0 Å². The van der Waals surface area contributed by atoms with Crippen LogP contribution in [0.25, 0.3) is 0 Å². The van der Waals surface area contributed by atoms with Crippen LogP contribution in [-0.4, -0.2) is 73.0 Å². The molecule has 50 heavy (non-hydrogen) atoms. The SMILES string of the molecule is CCCc1cc(Cl)ccc1C1COc2ccc(C(=O)NS(=O)C(C)C(C)CCC)cc2N(CC2CCC2CC2OCCCO2)C1.ClC1CNC1. The van der Waals surface area contributed by atoms with E-state index in [9.17, 15) is 9.00 Å². The molecule has 278 valence electrons. The number of hydrogen-bond donors (Lipinski definition) is 2. The van der Waals surface area contributed by atoms with E-state index in [1.165, 1.54) is 17.5 Å². The van der Waals surface area contributed by atoms with Crippen molar-refractivity contribution >= 4 is 45.8 Å². The number of halogens is 2. The molecule has 4 aliphatic rings. The Bertz CT molecular complexity index is 1420. The molecule has 3 aliphatic heterocycles. The number of rotatable bonds is 13. The van der Waals surface area contributed by atoms with E-state index in [0.29, 0.717) is 29.4 Å². The number of nitrogens with one attached hydrogen (secondary N) is 2. The van der Waals surface area contributed by atoms with Crippen LogP contribution in [0.15, 0.2) is 36.4 Å². The van der Waals surface area contributed by atoms with Crippen LogP contribution in [0.1, 0.15) is 100 Å². The van der Waals surface area contributed by atoms with Gasteiger partial charge in [0, 0.05) is 49.1 Å². The van der Waals surface area contributed by atoms with Crippen LogP contribution in [-0.2, 0) is 26.9 Å². The average molecular weight is 751 g/mol. The standard InChI is InChI=1S/C36H51ClN2O5S.C3H6ClN/c1-5-8-24(3)25(4)45(41)38-36(40)28-12-15-34-33(19-28)39(21-29-11-10-26(29)20-35-42-16-7-17-43-35)22-30(23-44-34)32-14-13-31(37)18-27(32)9-6-2;4-3-1-5-2-3/h12-15,18-19,24-26,29-30,35H,5-11,16-17,20-23H2,1-4H3,(H,38,40);3,5H,1-2H2. The zero-order chi connectivity index (χ0) is 35.6. The van der Waals surface area contributed by atoms with Gasteiger partial charge < -0.3 is 24.4 Å². The van der Waals surface area contributed by atoms with Gasteiger partial charge in [0.05, 0.1) is 36.1 Å². The van der Waals surface area contributed by atoms with Crippen LogP contribution >= 0.6 is 23.2 Å². The lowest BCUT2D eigenvalue weighted by molar-refractivity contribution is -0.192. The number of amides is 1. The van der Waals surface area contributed by atoms with Gasteiger partial charge in [0.1, 0.15) is 16.7 Å². The zero-order valence-corrected chi connectivity index (χ0v) is 32.6. The molecular formula is C39H57Cl2N3O5S. The van der Waals surface area contributed by atoms with Gasteiger partial charge in [-0.15, -0.1) is 11.6 Å². The molecule has 2 N–H and O–H groups in total. The Kier molecular flexibility index (Phi) is 15.2. The van der Waals surface area contributed by atoms with Crippen molar-refractivity contribution in [2.45, 2.75) is 102 Å². The Labute approximate surface area is 312 Å². The summed E-state index contributed by atoms with van der Waals surface area (Å²) in [5, 5.41) is 4.09. The minimum absolute atomic E-state index is 0.108. The normalized spacial score (nSPS) is 24.2. The number of carbonyl (C=O) groups excluding carboxylic acids is 1. The summed E-state index contributed by atoms with van der Waals surface area (Å²) in [5.74, 6) is 1.90. The quantitative estimate of drug-likeness (QED) is 0.202. The van der Waals surface area contributed by atoms with Gasteiger partial charge in [-0.05, 0) is 98.2 Å². The smallest absolute Gasteiger partial charge is 0.263 e. The lowest BCUT2D eigenvalue weighted by Gasteiger charge is -2.42. The summed E-state index contributed by atoms with van der Waals surface area (Å²) in [5.41, 5.74) is 3.96. The first-order chi connectivity index (χ1) is 24.2. The summed E-state index contributed by atoms with van der Waals surface area (Å²) in [7, 11) is -1.47. The summed E-state index contributed by atoms with van der Waals surface area (Å²) >= 11 is 11.9. The van der Waals surface area contributed by atoms with Crippen LogP contribution in [0.2, 0.25) is 5.02 Å². The fourth-order valence-electron chi connectivity index (χ4n) is 7.24. The number of alkyl halides is 1. The Balaban J connectivity index is 0.000000892. The summed E-state index contributed by atoms with van der Waals surface area (Å²) in [6.07, 6.45) is 8.11. The summed E-state index contributed by atoms with van der Waals surface area (Å²) < 4.78 is 34.2. The molecule has 1 saturated carbocycles. The average Bonchev–Trinajstić information content (AvgIpc) is 3.27. The van der Waals surface area contributed by atoms with Crippen molar-refractivity contribution < 1.29 is 23.2 Å². The Hall–Kier alpha value is -1.88. The first kappa shape index (κ1) is 39.3. The topological polar surface area (TPSA) is 89.1 Å². The van der Waals surface area contributed by atoms with Crippen LogP contribution in [0, 0.1) is 17.8 Å². The van der Waals surface area contributed by atoms with Gasteiger partial charge in [-0.2, -0.15) is 0 Å². The van der Waals surface area contributed by atoms with E-state index in [2.05, 4.69) is 47.8 Å². The van der Waals surface area contributed by atoms with Crippen LogP contribution in [0.5, 0.6) is 5.75 Å². The maximum atomic E-state index is 13.4. The van der Waals surface area contributed by atoms with Crippen LogP contribution < -0.4 is 19.7 Å². The van der Waals surface area contributed by atoms with Crippen molar-refractivity contribution in [1.29, 1.82) is 0 Å². The maximum Gasteiger partial charge on any atom is 0.263 e. The molecule has 6 rings (SSSR count). The lowest BCUT2D eigenvalue weighted by Crippen LogP contribution is -2.42. The molecule has 3 fully saturated rings. The van der Waals surface area contributed by atoms with Crippen molar-refractivity contribution in [2.24, 2.45) is 17.8 Å². The number of nitrogens with zero attached hydrogens (tertiary/aromatic N) is 1. The van der Waals surface area contributed by atoms with Crippen LogP contribution in [0.4, 0.5) is 5.69 Å². The minimum Gasteiger partial charge on any atom is -0.491 e. The number of anilines is 1. The molecule has 2 aromatic carbocycles. The first-order valence-electron chi connectivity index (χ1n) is 18.8. The largest absolute Gasteiger partial charge is 0.491 e. The monoisotopic (exact) mass is 749 g/mol. The molecule has 11 heteroatoms. The second-order valence-corrected chi connectivity index (χ2v) is 17.1. The number of aryl methyl sites for hydroxylation is 1. The number of hydrogen-bond acceptors (Lipinski definition) is 7. The van der Waals surface area contributed by atoms with E-state index >= 15 is 0 Å². The highest BCUT2D eigenvalue weighted by atomic mass is 35.5. The van der Waals surface area contributed by atoms with Crippen LogP contribution in [0.3, 0.4) is 0 Å². The molecule has 0 spiro atoms. The van der Waals surface area contributed by atoms with E-state index in [1.54, 1.807) is 6.07 Å². The summed E-state index contributed by atoms with van der Waals surface area (Å²) in [4.78, 5) is 15.8. The highest BCUT2D eigenvalue weighted by Crippen LogP contribution is 2.43. The van der Waals surface area contributed by atoms with Gasteiger partial charge in [-0.3, -0.25) is 9.52 Å².